The number of carbonyl (C=O) groups excluding carboxylic acids is 2. The first-order chi connectivity index (χ1) is 16.4. The molecule has 9 heteroatoms. The van der Waals surface area contributed by atoms with Crippen LogP contribution in [0.4, 0.5) is 11.4 Å². The molecule has 8 nitrogen and oxygen atoms in total. The lowest BCUT2D eigenvalue weighted by atomic mass is 10.2. The summed E-state index contributed by atoms with van der Waals surface area (Å²) in [5.41, 5.74) is 3.11. The van der Waals surface area contributed by atoms with E-state index < -0.39 is 5.91 Å². The van der Waals surface area contributed by atoms with Crippen LogP contribution in [0.5, 0.6) is 5.75 Å². The van der Waals surface area contributed by atoms with Crippen molar-refractivity contribution in [2.24, 2.45) is 0 Å². The van der Waals surface area contributed by atoms with Gasteiger partial charge in [0.1, 0.15) is 5.75 Å². The summed E-state index contributed by atoms with van der Waals surface area (Å²) in [6.07, 6.45) is 0. The number of ether oxygens (including phenoxy) is 1. The van der Waals surface area contributed by atoms with Crippen LogP contribution in [0.25, 0.3) is 5.69 Å². The van der Waals surface area contributed by atoms with Gasteiger partial charge in [0.15, 0.2) is 5.69 Å². The van der Waals surface area contributed by atoms with Crippen molar-refractivity contribution in [3.8, 4) is 11.4 Å². The predicted molar refractivity (Wildman–Crippen MR) is 131 cm³/mol. The van der Waals surface area contributed by atoms with Crippen molar-refractivity contribution in [2.45, 2.75) is 13.8 Å². The predicted octanol–water partition coefficient (Wildman–Crippen LogP) is 5.13. The number of hydrogen-bond donors (Lipinski definition) is 2. The van der Waals surface area contributed by atoms with Gasteiger partial charge in [-0.25, -0.2) is 4.68 Å². The lowest BCUT2D eigenvalue weighted by molar-refractivity contribution is 0.101. The largest absolute Gasteiger partial charge is 0.494 e. The molecule has 3 aromatic carbocycles. The number of anilines is 2. The second kappa shape index (κ2) is 10.2. The standard InChI is InChI=1S/C25H22ClN5O3/c1-3-34-22-13-11-20(12-14-22)27-24(32)17-7-9-19(10-8-17)28-25(33)23-16(2)31(30-29-23)21-6-4-5-18(26)15-21/h4-15H,3H2,1-2H3,(H,27,32)(H,28,33). The quantitative estimate of drug-likeness (QED) is 0.386. The Morgan fingerprint density at radius 3 is 2.24 bits per heavy atom. The molecule has 0 radical (unpaired) electrons. The molecule has 0 unspecified atom stereocenters. The number of amides is 2. The maximum Gasteiger partial charge on any atom is 0.278 e. The molecule has 1 aromatic heterocycles. The molecule has 0 spiro atoms. The van der Waals surface area contributed by atoms with Crippen molar-refractivity contribution in [3.63, 3.8) is 0 Å². The van der Waals surface area contributed by atoms with Gasteiger partial charge in [-0.05, 0) is 80.6 Å². The van der Waals surface area contributed by atoms with Crippen molar-refractivity contribution in [1.82, 2.24) is 15.0 Å². The zero-order valence-electron chi connectivity index (χ0n) is 18.6. The fourth-order valence-corrected chi connectivity index (χ4v) is 3.48. The average Bonchev–Trinajstić information content (AvgIpc) is 3.22. The third-order valence-electron chi connectivity index (χ3n) is 4.99. The van der Waals surface area contributed by atoms with Crippen molar-refractivity contribution in [2.75, 3.05) is 17.2 Å². The smallest absolute Gasteiger partial charge is 0.278 e. The Morgan fingerprint density at radius 1 is 0.941 bits per heavy atom. The van der Waals surface area contributed by atoms with E-state index in [1.807, 2.05) is 13.0 Å². The van der Waals surface area contributed by atoms with Crippen molar-refractivity contribution in [1.29, 1.82) is 0 Å². The highest BCUT2D eigenvalue weighted by molar-refractivity contribution is 6.30. The average molecular weight is 476 g/mol. The van der Waals surface area contributed by atoms with Gasteiger partial charge in [-0.2, -0.15) is 0 Å². The van der Waals surface area contributed by atoms with E-state index in [9.17, 15) is 9.59 Å². The second-order valence-electron chi connectivity index (χ2n) is 7.36. The van der Waals surface area contributed by atoms with E-state index in [2.05, 4.69) is 20.9 Å². The Balaban J connectivity index is 1.40. The maximum absolute atomic E-state index is 12.7. The topological polar surface area (TPSA) is 98.1 Å². The lowest BCUT2D eigenvalue weighted by Crippen LogP contribution is -2.15. The third kappa shape index (κ3) is 5.24. The van der Waals surface area contributed by atoms with E-state index in [1.54, 1.807) is 78.3 Å². The van der Waals surface area contributed by atoms with Gasteiger partial charge < -0.3 is 15.4 Å². The van der Waals surface area contributed by atoms with Gasteiger partial charge in [-0.3, -0.25) is 9.59 Å². The van der Waals surface area contributed by atoms with Crippen molar-refractivity contribution in [3.05, 3.63) is 94.8 Å². The van der Waals surface area contributed by atoms with E-state index in [-0.39, 0.29) is 11.6 Å². The van der Waals surface area contributed by atoms with E-state index in [4.69, 9.17) is 16.3 Å². The molecular formula is C25H22ClN5O3. The van der Waals surface area contributed by atoms with Crippen LogP contribution in [-0.4, -0.2) is 33.4 Å². The first-order valence-corrected chi connectivity index (χ1v) is 11.0. The summed E-state index contributed by atoms with van der Waals surface area (Å²) in [4.78, 5) is 25.3. The fraction of sp³-hybridized carbons (Fsp3) is 0.120. The molecule has 0 bridgehead atoms. The van der Waals surface area contributed by atoms with Crippen molar-refractivity contribution >= 4 is 34.8 Å². The molecule has 0 atom stereocenters. The molecule has 0 aliphatic heterocycles. The monoisotopic (exact) mass is 475 g/mol. The van der Waals surface area contributed by atoms with Crippen LogP contribution >= 0.6 is 11.6 Å². The van der Waals surface area contributed by atoms with Gasteiger partial charge in [0, 0.05) is 22.0 Å². The molecule has 2 N–H and O–H groups in total. The maximum atomic E-state index is 12.7. The Hall–Kier alpha value is -4.17. The number of benzene rings is 3. The molecule has 1 heterocycles. The molecule has 0 aliphatic carbocycles. The number of halogens is 1. The summed E-state index contributed by atoms with van der Waals surface area (Å²) in [6.45, 7) is 4.24. The number of rotatable bonds is 7. The fourth-order valence-electron chi connectivity index (χ4n) is 3.29. The van der Waals surface area contributed by atoms with Crippen LogP contribution in [-0.2, 0) is 0 Å². The highest BCUT2D eigenvalue weighted by atomic mass is 35.5. The minimum Gasteiger partial charge on any atom is -0.494 e. The van der Waals surface area contributed by atoms with Gasteiger partial charge >= 0.3 is 0 Å². The molecule has 0 saturated heterocycles. The van der Waals surface area contributed by atoms with Crippen LogP contribution in [0.15, 0.2) is 72.8 Å². The molecule has 0 fully saturated rings. The number of hydrogen-bond acceptors (Lipinski definition) is 5. The van der Waals surface area contributed by atoms with Gasteiger partial charge in [0.2, 0.25) is 0 Å². The number of nitrogens with one attached hydrogen (secondary N) is 2. The summed E-state index contributed by atoms with van der Waals surface area (Å²) in [5, 5.41) is 14.3. The highest BCUT2D eigenvalue weighted by Crippen LogP contribution is 2.19. The van der Waals surface area contributed by atoms with Gasteiger partial charge in [-0.1, -0.05) is 22.9 Å². The van der Waals surface area contributed by atoms with E-state index in [0.717, 1.165) is 5.75 Å². The first kappa shape index (κ1) is 23.0. The molecule has 172 valence electrons. The molecule has 0 aliphatic rings. The van der Waals surface area contributed by atoms with Gasteiger partial charge in [0.05, 0.1) is 18.0 Å². The Morgan fingerprint density at radius 2 is 1.59 bits per heavy atom. The summed E-state index contributed by atoms with van der Waals surface area (Å²) in [7, 11) is 0. The third-order valence-corrected chi connectivity index (χ3v) is 5.23. The minimum absolute atomic E-state index is 0.192. The lowest BCUT2D eigenvalue weighted by Gasteiger charge is -2.08. The zero-order valence-corrected chi connectivity index (χ0v) is 19.3. The Kier molecular flexibility index (Phi) is 6.89. The highest BCUT2D eigenvalue weighted by Gasteiger charge is 2.18. The molecule has 4 aromatic rings. The molecular weight excluding hydrogens is 454 g/mol. The van der Waals surface area contributed by atoms with E-state index >= 15 is 0 Å². The second-order valence-corrected chi connectivity index (χ2v) is 7.79. The Labute approximate surface area is 201 Å². The van der Waals surface area contributed by atoms with Gasteiger partial charge in [-0.15, -0.1) is 5.10 Å². The van der Waals surface area contributed by atoms with Crippen molar-refractivity contribution < 1.29 is 14.3 Å². The first-order valence-electron chi connectivity index (χ1n) is 10.6. The minimum atomic E-state index is -0.405. The SMILES string of the molecule is CCOc1ccc(NC(=O)c2ccc(NC(=O)c3nnn(-c4cccc(Cl)c4)c3C)cc2)cc1. The number of carbonyl (C=O) groups is 2. The summed E-state index contributed by atoms with van der Waals surface area (Å²) < 4.78 is 6.95. The van der Waals surface area contributed by atoms with E-state index in [1.165, 1.54) is 0 Å². The summed E-state index contributed by atoms with van der Waals surface area (Å²) in [6, 6.07) is 20.8. The Bertz CT molecular complexity index is 1320. The van der Waals surface area contributed by atoms with Crippen LogP contribution in [0.3, 0.4) is 0 Å². The van der Waals surface area contributed by atoms with Crippen LogP contribution < -0.4 is 15.4 Å². The summed E-state index contributed by atoms with van der Waals surface area (Å²) >= 11 is 6.05. The molecule has 34 heavy (non-hydrogen) atoms. The number of aromatic nitrogens is 3. The summed E-state index contributed by atoms with van der Waals surface area (Å²) in [5.74, 6) is 0.0724. The van der Waals surface area contributed by atoms with Crippen LogP contribution in [0.1, 0.15) is 33.5 Å². The van der Waals surface area contributed by atoms with Crippen LogP contribution in [0.2, 0.25) is 5.02 Å². The molecule has 2 amide bonds. The van der Waals surface area contributed by atoms with E-state index in [0.29, 0.717) is 39.9 Å². The van der Waals surface area contributed by atoms with Crippen LogP contribution in [0, 0.1) is 6.92 Å². The molecule has 0 saturated carbocycles. The normalized spacial score (nSPS) is 10.6. The number of nitrogens with zero attached hydrogens (tertiary/aromatic N) is 3. The molecule has 4 rings (SSSR count). The zero-order chi connectivity index (χ0) is 24.1. The van der Waals surface area contributed by atoms with Gasteiger partial charge in [0.25, 0.3) is 11.8 Å².